The lowest BCUT2D eigenvalue weighted by Gasteiger charge is -2.46. The van der Waals surface area contributed by atoms with Crippen LogP contribution in [0.5, 0.6) is 0 Å². The van der Waals surface area contributed by atoms with Crippen molar-refractivity contribution in [3.63, 3.8) is 0 Å². The predicted molar refractivity (Wildman–Crippen MR) is 146 cm³/mol. The summed E-state index contributed by atoms with van der Waals surface area (Å²) in [7, 11) is 0. The maximum atomic E-state index is 4.12. The van der Waals surface area contributed by atoms with E-state index in [0.29, 0.717) is 5.54 Å². The van der Waals surface area contributed by atoms with Crippen LogP contribution in [0.4, 0.5) is 0 Å². The Hall–Kier alpha value is -0.0800. The number of unbranched alkanes of at least 4 members (excludes halogenated alkanes) is 15. The third-order valence-electron chi connectivity index (χ3n) is 8.05. The maximum Gasteiger partial charge on any atom is 0.0209 e. The number of rotatable bonds is 22. The first-order valence-corrected chi connectivity index (χ1v) is 15.0. The normalized spacial score (nSPS) is 20.9. The van der Waals surface area contributed by atoms with Crippen molar-refractivity contribution in [3.8, 4) is 0 Å². The summed E-state index contributed by atoms with van der Waals surface area (Å²) in [6.45, 7) is 8.33. The number of hydrogen-bond acceptors (Lipinski definition) is 1. The zero-order chi connectivity index (χ0) is 22.5. The van der Waals surface area contributed by atoms with E-state index in [2.05, 4.69) is 26.1 Å². The van der Waals surface area contributed by atoms with E-state index in [1.807, 2.05) is 0 Å². The molecule has 0 bridgehead atoms. The first-order chi connectivity index (χ1) is 15.3. The largest absolute Gasteiger partial charge is 0.412 e. The molecule has 0 heterocycles. The van der Waals surface area contributed by atoms with Gasteiger partial charge in [0, 0.05) is 5.54 Å². The highest BCUT2D eigenvalue weighted by Gasteiger charge is 2.38. The fourth-order valence-electron chi connectivity index (χ4n) is 6.19. The lowest BCUT2D eigenvalue weighted by molar-refractivity contribution is 0.119. The van der Waals surface area contributed by atoms with E-state index in [1.54, 1.807) is 0 Å². The van der Waals surface area contributed by atoms with Gasteiger partial charge in [0.15, 0.2) is 0 Å². The third kappa shape index (κ3) is 14.9. The molecule has 2 atom stereocenters. The molecule has 0 aromatic rings. The van der Waals surface area contributed by atoms with E-state index in [9.17, 15) is 0 Å². The molecule has 0 spiro atoms. The Morgan fingerprint density at radius 2 is 1.09 bits per heavy atom. The molecule has 0 aromatic carbocycles. The van der Waals surface area contributed by atoms with Gasteiger partial charge in [-0.05, 0) is 44.6 Å². The Morgan fingerprint density at radius 3 is 1.56 bits per heavy atom. The molecule has 1 aliphatic carbocycles. The lowest BCUT2D eigenvalue weighted by Crippen LogP contribution is -2.53. The fourth-order valence-corrected chi connectivity index (χ4v) is 6.19. The van der Waals surface area contributed by atoms with E-state index >= 15 is 0 Å². The zero-order valence-corrected chi connectivity index (χ0v) is 22.8. The molecule has 32 heavy (non-hydrogen) atoms. The van der Waals surface area contributed by atoms with Gasteiger partial charge in [0.25, 0.3) is 0 Å². The average Bonchev–Trinajstić information content (AvgIpc) is 2.78. The van der Waals surface area contributed by atoms with Crippen molar-refractivity contribution < 1.29 is 5.48 Å². The fraction of sp³-hybridized carbons (Fsp3) is 1.00. The van der Waals surface area contributed by atoms with Gasteiger partial charge in [0.1, 0.15) is 0 Å². The van der Waals surface area contributed by atoms with Gasteiger partial charge >= 0.3 is 0 Å². The molecule has 2 unspecified atom stereocenters. The summed E-state index contributed by atoms with van der Waals surface area (Å²) < 4.78 is 0. The van der Waals surface area contributed by atoms with Crippen LogP contribution in [0.3, 0.4) is 0 Å². The molecule has 0 radical (unpaired) electrons. The van der Waals surface area contributed by atoms with E-state index in [-0.39, 0.29) is 5.48 Å². The third-order valence-corrected chi connectivity index (χ3v) is 8.05. The van der Waals surface area contributed by atoms with Gasteiger partial charge in [0.2, 0.25) is 0 Å². The van der Waals surface area contributed by atoms with Crippen LogP contribution in [0.1, 0.15) is 175 Å². The minimum atomic E-state index is 0. The minimum Gasteiger partial charge on any atom is -0.412 e. The monoisotopic (exact) mass is 453 g/mol. The molecule has 0 aliphatic heterocycles. The van der Waals surface area contributed by atoms with Crippen molar-refractivity contribution in [1.29, 1.82) is 0 Å². The lowest BCUT2D eigenvalue weighted by atomic mass is 9.68. The topological polar surface area (TPSA) is 43.5 Å². The summed E-state index contributed by atoms with van der Waals surface area (Å²) in [5.74, 6) is 0.937. The highest BCUT2D eigenvalue weighted by atomic mass is 16.0. The second-order valence-electron chi connectivity index (χ2n) is 10.9. The first kappa shape index (κ1) is 31.9. The van der Waals surface area contributed by atoms with Crippen molar-refractivity contribution in [2.24, 2.45) is 5.92 Å². The summed E-state index contributed by atoms with van der Waals surface area (Å²) in [6.07, 6.45) is 34.7. The van der Waals surface area contributed by atoms with Crippen molar-refractivity contribution in [2.45, 2.75) is 180 Å². The molecule has 2 nitrogen and oxygen atoms in total. The van der Waals surface area contributed by atoms with Gasteiger partial charge in [0.05, 0.1) is 0 Å². The molecule has 1 saturated carbocycles. The van der Waals surface area contributed by atoms with Crippen LogP contribution < -0.4 is 5.32 Å². The zero-order valence-electron chi connectivity index (χ0n) is 22.8. The van der Waals surface area contributed by atoms with Gasteiger partial charge in [-0.1, -0.05) is 143 Å². The van der Waals surface area contributed by atoms with E-state index in [1.165, 1.54) is 161 Å². The Labute approximate surface area is 203 Å². The van der Waals surface area contributed by atoms with Crippen molar-refractivity contribution in [2.75, 3.05) is 6.54 Å². The van der Waals surface area contributed by atoms with Gasteiger partial charge < -0.3 is 10.8 Å². The second-order valence-corrected chi connectivity index (χ2v) is 10.9. The molecule has 3 N–H and O–H groups in total. The molecule has 0 aromatic heterocycles. The summed E-state index contributed by atoms with van der Waals surface area (Å²) >= 11 is 0. The van der Waals surface area contributed by atoms with Crippen molar-refractivity contribution >= 4 is 0 Å². The van der Waals surface area contributed by atoms with Crippen LogP contribution in [-0.4, -0.2) is 17.6 Å². The molecule has 1 aliphatic rings. The molecular formula is C30H63NO. The van der Waals surface area contributed by atoms with Crippen molar-refractivity contribution in [1.82, 2.24) is 5.32 Å². The first-order valence-electron chi connectivity index (χ1n) is 15.0. The van der Waals surface area contributed by atoms with Crippen LogP contribution in [0, 0.1) is 5.92 Å². The average molecular weight is 454 g/mol. The van der Waals surface area contributed by atoms with Crippen LogP contribution in [0.2, 0.25) is 0 Å². The van der Waals surface area contributed by atoms with Gasteiger partial charge in [-0.15, -0.1) is 0 Å². The highest BCUT2D eigenvalue weighted by Crippen LogP contribution is 2.39. The molecule has 1 rings (SSSR count). The predicted octanol–water partition coefficient (Wildman–Crippen LogP) is 9.54. The molecule has 1 fully saturated rings. The Kier molecular flexibility index (Phi) is 22.6. The van der Waals surface area contributed by atoms with Gasteiger partial charge in [-0.2, -0.15) is 0 Å². The summed E-state index contributed by atoms with van der Waals surface area (Å²) in [5, 5.41) is 4.12. The van der Waals surface area contributed by atoms with Crippen molar-refractivity contribution in [3.05, 3.63) is 0 Å². The number of hydrogen-bond donors (Lipinski definition) is 1. The smallest absolute Gasteiger partial charge is 0.0209 e. The van der Waals surface area contributed by atoms with Crippen LogP contribution in [-0.2, 0) is 0 Å². The number of nitrogens with one attached hydrogen (secondary N) is 1. The van der Waals surface area contributed by atoms with E-state index < -0.39 is 0 Å². The van der Waals surface area contributed by atoms with Gasteiger partial charge in [-0.3, -0.25) is 0 Å². The molecule has 0 amide bonds. The Balaban J connectivity index is 0.00000961. The maximum absolute atomic E-state index is 4.12. The van der Waals surface area contributed by atoms with Crippen LogP contribution >= 0.6 is 0 Å². The summed E-state index contributed by atoms with van der Waals surface area (Å²) in [5.41, 5.74) is 0.485. The second kappa shape index (κ2) is 22.7. The molecule has 0 saturated heterocycles. The summed E-state index contributed by atoms with van der Waals surface area (Å²) in [4.78, 5) is 0. The SMILES string of the molecule is CCCCCCCCCCCCCCCCCCNC1(CCC)CCCCC1CCC.O. The van der Waals surface area contributed by atoms with Gasteiger partial charge in [-0.25, -0.2) is 0 Å². The van der Waals surface area contributed by atoms with Crippen LogP contribution in [0.15, 0.2) is 0 Å². The quantitative estimate of drug-likeness (QED) is 0.163. The highest BCUT2D eigenvalue weighted by molar-refractivity contribution is 4.96. The molecular weight excluding hydrogens is 390 g/mol. The van der Waals surface area contributed by atoms with E-state index in [0.717, 1.165) is 5.92 Å². The minimum absolute atomic E-state index is 0. The van der Waals surface area contributed by atoms with E-state index in [4.69, 9.17) is 0 Å². The standard InChI is InChI=1S/C30H61N.H2O/c1-4-7-8-9-10-11-12-13-14-15-16-17-18-19-20-23-28-31-30(26-6-3)27-22-21-25-29(30)24-5-2;/h29,31H,4-28H2,1-3H3;1H2. The molecule has 2 heteroatoms. The Bertz CT molecular complexity index is 366. The van der Waals surface area contributed by atoms with Crippen LogP contribution in [0.25, 0.3) is 0 Å². The molecule has 194 valence electrons. The summed E-state index contributed by atoms with van der Waals surface area (Å²) in [6, 6.07) is 0. The Morgan fingerprint density at radius 1 is 0.594 bits per heavy atom.